The summed E-state index contributed by atoms with van der Waals surface area (Å²) in [7, 11) is 0. The molecule has 2 aromatic heterocycles. The SMILES string of the molecule is C[C@@H](Oc1cc(-c2cnn(CC3(F)CNC3)c2)cnc1N)c1c(Cl)ccc(F)c1Cl. The average molecular weight is 454 g/mol. The van der Waals surface area contributed by atoms with E-state index in [2.05, 4.69) is 15.4 Å². The Balaban J connectivity index is 1.57. The molecule has 6 nitrogen and oxygen atoms in total. The zero-order valence-electron chi connectivity index (χ0n) is 16.0. The van der Waals surface area contributed by atoms with Crippen LogP contribution >= 0.6 is 23.2 Å². The van der Waals surface area contributed by atoms with E-state index in [-0.39, 0.29) is 28.2 Å². The van der Waals surface area contributed by atoms with Gasteiger partial charge in [-0.15, -0.1) is 0 Å². The van der Waals surface area contributed by atoms with E-state index < -0.39 is 17.6 Å². The number of alkyl halides is 1. The van der Waals surface area contributed by atoms with Crippen LogP contribution in [0.25, 0.3) is 11.1 Å². The van der Waals surface area contributed by atoms with E-state index >= 15 is 0 Å². The first-order valence-electron chi connectivity index (χ1n) is 9.24. The molecule has 0 saturated carbocycles. The number of nitrogen functional groups attached to an aromatic ring is 1. The molecule has 3 N–H and O–H groups in total. The minimum atomic E-state index is -1.28. The lowest BCUT2D eigenvalue weighted by Crippen LogP contribution is -2.58. The second kappa shape index (κ2) is 8.02. The first-order valence-corrected chi connectivity index (χ1v) is 9.99. The lowest BCUT2D eigenvalue weighted by molar-refractivity contribution is 0.0662. The number of pyridine rings is 1. The molecule has 1 atom stereocenters. The fraction of sp³-hybridized carbons (Fsp3) is 0.300. The highest BCUT2D eigenvalue weighted by Gasteiger charge is 2.37. The van der Waals surface area contributed by atoms with Gasteiger partial charge in [-0.05, 0) is 25.1 Å². The topological polar surface area (TPSA) is 78.0 Å². The van der Waals surface area contributed by atoms with Crippen molar-refractivity contribution in [2.45, 2.75) is 25.2 Å². The maximum atomic E-state index is 14.3. The highest BCUT2D eigenvalue weighted by atomic mass is 35.5. The van der Waals surface area contributed by atoms with E-state index in [0.717, 1.165) is 5.56 Å². The Labute approximate surface area is 181 Å². The second-order valence-corrected chi connectivity index (χ2v) is 8.09. The third kappa shape index (κ3) is 4.08. The Morgan fingerprint density at radius 2 is 2.07 bits per heavy atom. The van der Waals surface area contributed by atoms with Crippen molar-refractivity contribution < 1.29 is 13.5 Å². The molecule has 3 heterocycles. The number of nitrogens with two attached hydrogens (primary N) is 1. The summed E-state index contributed by atoms with van der Waals surface area (Å²) in [5.74, 6) is -0.148. The molecule has 1 aromatic carbocycles. The van der Waals surface area contributed by atoms with E-state index in [4.69, 9.17) is 33.7 Å². The van der Waals surface area contributed by atoms with Crippen molar-refractivity contribution in [3.05, 3.63) is 58.2 Å². The summed E-state index contributed by atoms with van der Waals surface area (Å²) < 4.78 is 35.6. The molecule has 1 saturated heterocycles. The standard InChI is InChI=1S/C20H19Cl2F2N5O/c1-11(17-14(21)2-3-15(23)18(17)22)30-16-4-12(5-27-19(16)25)13-6-28-29(7-13)10-20(24)8-26-9-20/h2-7,11,26H,8-10H2,1H3,(H2,25,27)/t11-/m1/s1. The molecule has 10 heteroatoms. The van der Waals surface area contributed by atoms with Crippen LogP contribution in [0.1, 0.15) is 18.6 Å². The summed E-state index contributed by atoms with van der Waals surface area (Å²) in [4.78, 5) is 4.17. The second-order valence-electron chi connectivity index (χ2n) is 7.31. The maximum Gasteiger partial charge on any atom is 0.166 e. The molecule has 3 aromatic rings. The number of nitrogens with one attached hydrogen (secondary N) is 1. The molecule has 0 amide bonds. The maximum absolute atomic E-state index is 14.3. The van der Waals surface area contributed by atoms with Gasteiger partial charge in [-0.1, -0.05) is 23.2 Å². The van der Waals surface area contributed by atoms with Gasteiger partial charge in [0.25, 0.3) is 0 Å². The van der Waals surface area contributed by atoms with Crippen LogP contribution in [0.3, 0.4) is 0 Å². The van der Waals surface area contributed by atoms with Crippen LogP contribution in [0.4, 0.5) is 14.6 Å². The minimum Gasteiger partial charge on any atom is -0.482 e. The van der Waals surface area contributed by atoms with Crippen molar-refractivity contribution in [2.24, 2.45) is 0 Å². The van der Waals surface area contributed by atoms with Crippen LogP contribution in [0.15, 0.2) is 36.8 Å². The van der Waals surface area contributed by atoms with Crippen molar-refractivity contribution in [1.29, 1.82) is 0 Å². The van der Waals surface area contributed by atoms with Gasteiger partial charge in [-0.3, -0.25) is 4.68 Å². The Morgan fingerprint density at radius 3 is 2.77 bits per heavy atom. The van der Waals surface area contributed by atoms with Crippen molar-refractivity contribution >= 4 is 29.0 Å². The molecule has 4 rings (SSSR count). The number of nitrogens with zero attached hydrogens (tertiary/aromatic N) is 3. The third-order valence-electron chi connectivity index (χ3n) is 4.97. The number of aromatic nitrogens is 3. The van der Waals surface area contributed by atoms with Crippen molar-refractivity contribution in [1.82, 2.24) is 20.1 Å². The molecule has 158 valence electrons. The van der Waals surface area contributed by atoms with E-state index in [1.165, 1.54) is 12.1 Å². The molecule has 0 unspecified atom stereocenters. The summed E-state index contributed by atoms with van der Waals surface area (Å²) in [6, 6.07) is 4.30. The lowest BCUT2D eigenvalue weighted by Gasteiger charge is -2.34. The summed E-state index contributed by atoms with van der Waals surface area (Å²) in [5, 5.41) is 7.32. The summed E-state index contributed by atoms with van der Waals surface area (Å²) in [6.45, 7) is 2.47. The zero-order valence-corrected chi connectivity index (χ0v) is 17.5. The van der Waals surface area contributed by atoms with Gasteiger partial charge in [0.1, 0.15) is 11.9 Å². The van der Waals surface area contributed by atoms with Crippen molar-refractivity contribution in [3.63, 3.8) is 0 Å². The van der Waals surface area contributed by atoms with Gasteiger partial charge in [0.15, 0.2) is 17.2 Å². The van der Waals surface area contributed by atoms with Crippen LogP contribution < -0.4 is 15.8 Å². The molecule has 0 radical (unpaired) electrons. The van der Waals surface area contributed by atoms with Crippen LogP contribution in [-0.2, 0) is 6.54 Å². The van der Waals surface area contributed by atoms with Gasteiger partial charge in [0.05, 0.1) is 17.8 Å². The van der Waals surface area contributed by atoms with Gasteiger partial charge in [-0.2, -0.15) is 5.10 Å². The zero-order chi connectivity index (χ0) is 21.5. The average Bonchev–Trinajstić information content (AvgIpc) is 3.14. The number of hydrogen-bond donors (Lipinski definition) is 2. The van der Waals surface area contributed by atoms with E-state index in [1.54, 1.807) is 36.3 Å². The molecular formula is C20H19Cl2F2N5O. The Morgan fingerprint density at radius 1 is 1.30 bits per heavy atom. The molecule has 1 aliphatic heterocycles. The van der Waals surface area contributed by atoms with Crippen molar-refractivity contribution in [3.8, 4) is 16.9 Å². The Bertz CT molecular complexity index is 1090. The molecule has 1 fully saturated rings. The normalized spacial score (nSPS) is 16.2. The van der Waals surface area contributed by atoms with Crippen LogP contribution in [0.2, 0.25) is 10.0 Å². The number of ether oxygens (including phenoxy) is 1. The highest BCUT2D eigenvalue weighted by molar-refractivity contribution is 6.36. The van der Waals surface area contributed by atoms with E-state index in [9.17, 15) is 8.78 Å². The third-order valence-corrected chi connectivity index (χ3v) is 5.68. The van der Waals surface area contributed by atoms with Gasteiger partial charge in [-0.25, -0.2) is 13.8 Å². The highest BCUT2D eigenvalue weighted by Crippen LogP contribution is 2.37. The van der Waals surface area contributed by atoms with Gasteiger partial charge >= 0.3 is 0 Å². The predicted molar refractivity (Wildman–Crippen MR) is 112 cm³/mol. The van der Waals surface area contributed by atoms with Crippen LogP contribution in [-0.4, -0.2) is 33.5 Å². The molecule has 30 heavy (non-hydrogen) atoms. The summed E-state index contributed by atoms with van der Waals surface area (Å²) in [6.07, 6.45) is 4.25. The molecular weight excluding hydrogens is 435 g/mol. The summed E-state index contributed by atoms with van der Waals surface area (Å²) >= 11 is 12.2. The number of benzene rings is 1. The van der Waals surface area contributed by atoms with E-state index in [0.29, 0.717) is 24.2 Å². The van der Waals surface area contributed by atoms with Gasteiger partial charge in [0.2, 0.25) is 0 Å². The molecule has 0 spiro atoms. The molecule has 1 aliphatic rings. The first-order chi connectivity index (χ1) is 14.3. The van der Waals surface area contributed by atoms with Crippen LogP contribution in [0, 0.1) is 5.82 Å². The fourth-order valence-electron chi connectivity index (χ4n) is 3.27. The van der Waals surface area contributed by atoms with Gasteiger partial charge in [0, 0.05) is 47.2 Å². The Hall–Kier alpha value is -2.42. The number of rotatable bonds is 6. The Kier molecular flexibility index (Phi) is 5.57. The minimum absolute atomic E-state index is 0.107. The predicted octanol–water partition coefficient (Wildman–Crippen LogP) is 4.42. The molecule has 0 aliphatic carbocycles. The fourth-order valence-corrected chi connectivity index (χ4v) is 3.95. The number of hydrogen-bond acceptors (Lipinski definition) is 5. The monoisotopic (exact) mass is 453 g/mol. The molecule has 0 bridgehead atoms. The number of anilines is 1. The van der Waals surface area contributed by atoms with Crippen LogP contribution in [0.5, 0.6) is 5.75 Å². The largest absolute Gasteiger partial charge is 0.482 e. The lowest BCUT2D eigenvalue weighted by atomic mass is 10.00. The first kappa shape index (κ1) is 20.8. The van der Waals surface area contributed by atoms with Crippen molar-refractivity contribution in [2.75, 3.05) is 18.8 Å². The van der Waals surface area contributed by atoms with E-state index in [1.807, 2.05) is 0 Å². The number of halogens is 4. The van der Waals surface area contributed by atoms with Gasteiger partial charge < -0.3 is 15.8 Å². The quantitative estimate of drug-likeness (QED) is 0.539. The summed E-state index contributed by atoms with van der Waals surface area (Å²) in [5.41, 5.74) is 6.42. The smallest absolute Gasteiger partial charge is 0.166 e.